The average Bonchev–Trinajstić information content (AvgIpc) is 3.23. The van der Waals surface area contributed by atoms with E-state index >= 15 is 0 Å². The largest absolute Gasteiger partial charge is 0.494 e. The van der Waals surface area contributed by atoms with Crippen molar-refractivity contribution < 1.29 is 5.11 Å². The van der Waals surface area contributed by atoms with Crippen molar-refractivity contribution in [1.82, 2.24) is 9.97 Å². The van der Waals surface area contributed by atoms with E-state index in [1.165, 1.54) is 0 Å². The fraction of sp³-hybridized carbons (Fsp3) is 0. The molecule has 0 amide bonds. The minimum Gasteiger partial charge on any atom is -0.494 e. The zero-order valence-corrected chi connectivity index (χ0v) is 13.7. The van der Waals surface area contributed by atoms with Gasteiger partial charge in [0.1, 0.15) is 5.70 Å². The summed E-state index contributed by atoms with van der Waals surface area (Å²) in [7, 11) is 0. The van der Waals surface area contributed by atoms with Gasteiger partial charge in [-0.3, -0.25) is 4.98 Å². The number of azo groups is 1. The highest BCUT2D eigenvalue weighted by atomic mass is 16.3. The Kier molecular flexibility index (Phi) is 3.18. The van der Waals surface area contributed by atoms with Gasteiger partial charge in [-0.25, -0.2) is 0 Å². The molecule has 2 aromatic carbocycles. The van der Waals surface area contributed by atoms with E-state index in [0.717, 1.165) is 43.9 Å². The SMILES string of the molecule is Oc1[nH]c2ccccc2c1/C=c1\ccc2c(c1)N=NC=2c1ccncc1. The summed E-state index contributed by atoms with van der Waals surface area (Å²) in [5, 5.41) is 21.8. The lowest BCUT2D eigenvalue weighted by Crippen LogP contribution is -2.09. The number of aromatic hydroxyl groups is 1. The average molecular weight is 338 g/mol. The molecule has 0 unspecified atom stereocenters. The second-order valence-electron chi connectivity index (χ2n) is 6.14. The van der Waals surface area contributed by atoms with Gasteiger partial charge in [0.05, 0.1) is 5.69 Å². The lowest BCUT2D eigenvalue weighted by Gasteiger charge is -1.97. The van der Waals surface area contributed by atoms with Crippen LogP contribution in [-0.4, -0.2) is 15.1 Å². The molecule has 0 spiro atoms. The number of hydrogen-bond acceptors (Lipinski definition) is 4. The third-order valence-corrected chi connectivity index (χ3v) is 4.52. The van der Waals surface area contributed by atoms with E-state index in [2.05, 4.69) is 20.2 Å². The number of nitrogens with zero attached hydrogens (tertiary/aromatic N) is 3. The summed E-state index contributed by atoms with van der Waals surface area (Å²) in [6.45, 7) is 0. The normalized spacial score (nSPS) is 13.5. The van der Waals surface area contributed by atoms with Crippen LogP contribution in [-0.2, 0) is 0 Å². The first-order chi connectivity index (χ1) is 12.8. The topological polar surface area (TPSA) is 73.6 Å². The van der Waals surface area contributed by atoms with Crippen LogP contribution in [0.4, 0.5) is 5.69 Å². The minimum atomic E-state index is 0.164. The van der Waals surface area contributed by atoms with Crippen LogP contribution in [0.1, 0.15) is 11.1 Å². The highest BCUT2D eigenvalue weighted by Crippen LogP contribution is 2.27. The maximum atomic E-state index is 10.2. The van der Waals surface area contributed by atoms with Crippen molar-refractivity contribution in [2.24, 2.45) is 10.2 Å². The van der Waals surface area contributed by atoms with Crippen molar-refractivity contribution in [3.8, 4) is 5.88 Å². The predicted molar refractivity (Wildman–Crippen MR) is 100 cm³/mol. The Balaban J connectivity index is 1.68. The molecule has 2 aromatic heterocycles. The first-order valence-electron chi connectivity index (χ1n) is 8.27. The Bertz CT molecular complexity index is 1290. The number of hydrogen-bond donors (Lipinski definition) is 2. The number of benzene rings is 2. The van der Waals surface area contributed by atoms with Crippen molar-refractivity contribution >= 4 is 28.4 Å². The van der Waals surface area contributed by atoms with Crippen LogP contribution in [0, 0.1) is 0 Å². The number of nitrogens with one attached hydrogen (secondary N) is 1. The maximum Gasteiger partial charge on any atom is 0.196 e. The number of aromatic nitrogens is 2. The number of para-hydroxylation sites is 1. The highest BCUT2D eigenvalue weighted by molar-refractivity contribution is 5.91. The van der Waals surface area contributed by atoms with Gasteiger partial charge in [0.2, 0.25) is 0 Å². The van der Waals surface area contributed by atoms with Crippen molar-refractivity contribution in [2.75, 3.05) is 0 Å². The monoisotopic (exact) mass is 338 g/mol. The van der Waals surface area contributed by atoms with Gasteiger partial charge in [-0.05, 0) is 41.6 Å². The Morgan fingerprint density at radius 1 is 0.923 bits per heavy atom. The molecule has 26 heavy (non-hydrogen) atoms. The van der Waals surface area contributed by atoms with E-state index in [1.54, 1.807) is 12.4 Å². The Morgan fingerprint density at radius 3 is 2.65 bits per heavy atom. The van der Waals surface area contributed by atoms with Crippen LogP contribution in [0.2, 0.25) is 0 Å². The molecule has 0 atom stereocenters. The van der Waals surface area contributed by atoms with E-state index in [0.29, 0.717) is 0 Å². The summed E-state index contributed by atoms with van der Waals surface area (Å²) < 4.78 is 0. The lowest BCUT2D eigenvalue weighted by molar-refractivity contribution is 0.457. The summed E-state index contributed by atoms with van der Waals surface area (Å²) in [6, 6.07) is 17.7. The molecule has 5 rings (SSSR count). The molecule has 0 saturated carbocycles. The van der Waals surface area contributed by atoms with E-state index < -0.39 is 0 Å². The van der Waals surface area contributed by atoms with Gasteiger partial charge >= 0.3 is 0 Å². The summed E-state index contributed by atoms with van der Waals surface area (Å²) in [4.78, 5) is 7.04. The molecule has 0 fully saturated rings. The molecule has 3 heterocycles. The summed E-state index contributed by atoms with van der Waals surface area (Å²) >= 11 is 0. The smallest absolute Gasteiger partial charge is 0.196 e. The van der Waals surface area contributed by atoms with Crippen LogP contribution < -0.4 is 10.4 Å². The van der Waals surface area contributed by atoms with Crippen molar-refractivity contribution in [1.29, 1.82) is 0 Å². The van der Waals surface area contributed by atoms with Gasteiger partial charge in [0, 0.05) is 39.6 Å². The number of fused-ring (bicyclic) bond motifs is 2. The molecule has 124 valence electrons. The first kappa shape index (κ1) is 14.6. The Hall–Kier alpha value is -3.73. The fourth-order valence-electron chi connectivity index (χ4n) is 3.26. The highest BCUT2D eigenvalue weighted by Gasteiger charge is 2.11. The van der Waals surface area contributed by atoms with E-state index in [-0.39, 0.29) is 5.88 Å². The maximum absolute atomic E-state index is 10.2. The molecule has 2 N–H and O–H groups in total. The van der Waals surface area contributed by atoms with Crippen molar-refractivity contribution in [3.05, 3.63) is 88.6 Å². The quantitative estimate of drug-likeness (QED) is 0.588. The third-order valence-electron chi connectivity index (χ3n) is 4.52. The Morgan fingerprint density at radius 2 is 1.77 bits per heavy atom. The Labute approximate surface area is 148 Å². The van der Waals surface area contributed by atoms with Crippen LogP contribution in [0.15, 0.2) is 77.2 Å². The summed E-state index contributed by atoms with van der Waals surface area (Å²) in [5.74, 6) is 0.164. The third kappa shape index (κ3) is 2.29. The molecule has 0 saturated heterocycles. The number of H-pyrrole nitrogens is 1. The van der Waals surface area contributed by atoms with Gasteiger partial charge in [-0.2, -0.15) is 0 Å². The van der Waals surface area contributed by atoms with E-state index in [9.17, 15) is 5.11 Å². The second kappa shape index (κ2) is 5.67. The van der Waals surface area contributed by atoms with Crippen molar-refractivity contribution in [3.63, 3.8) is 0 Å². The lowest BCUT2D eigenvalue weighted by atomic mass is 10.1. The molecule has 0 bridgehead atoms. The molecule has 0 aliphatic carbocycles. The summed E-state index contributed by atoms with van der Waals surface area (Å²) in [6.07, 6.45) is 5.45. The fourth-order valence-corrected chi connectivity index (χ4v) is 3.26. The molecular weight excluding hydrogens is 324 g/mol. The minimum absolute atomic E-state index is 0.164. The zero-order chi connectivity index (χ0) is 17.5. The van der Waals surface area contributed by atoms with Gasteiger partial charge in [-0.15, -0.1) is 10.2 Å². The molecular formula is C21H14N4O. The standard InChI is InChI=1S/C21H14N4O/c26-21-17(15-3-1-2-4-18(15)23-21)11-13-5-6-16-19(12-13)24-25-20(16)14-7-9-22-10-8-14/h1-12,23,26H/b13-11+. The molecule has 5 nitrogen and oxygen atoms in total. The zero-order valence-electron chi connectivity index (χ0n) is 13.7. The van der Waals surface area contributed by atoms with Gasteiger partial charge in [0.25, 0.3) is 0 Å². The predicted octanol–water partition coefficient (Wildman–Crippen LogP) is 3.35. The molecule has 4 aromatic rings. The van der Waals surface area contributed by atoms with Gasteiger partial charge < -0.3 is 10.1 Å². The second-order valence-corrected chi connectivity index (χ2v) is 6.14. The summed E-state index contributed by atoms with van der Waals surface area (Å²) in [5.41, 5.74) is 4.35. The van der Waals surface area contributed by atoms with Crippen LogP contribution in [0.5, 0.6) is 5.88 Å². The van der Waals surface area contributed by atoms with E-state index in [1.807, 2.05) is 60.7 Å². The van der Waals surface area contributed by atoms with Crippen LogP contribution in [0.3, 0.4) is 0 Å². The molecule has 0 radical (unpaired) electrons. The molecule has 5 heteroatoms. The first-order valence-corrected chi connectivity index (χ1v) is 8.27. The number of pyridine rings is 1. The van der Waals surface area contributed by atoms with Crippen LogP contribution >= 0.6 is 0 Å². The van der Waals surface area contributed by atoms with E-state index in [4.69, 9.17) is 0 Å². The van der Waals surface area contributed by atoms with Gasteiger partial charge in [-0.1, -0.05) is 24.3 Å². The van der Waals surface area contributed by atoms with Crippen LogP contribution in [0.25, 0.3) is 22.7 Å². The molecule has 1 aliphatic rings. The van der Waals surface area contributed by atoms with Crippen molar-refractivity contribution in [2.45, 2.75) is 0 Å². The number of rotatable bonds is 2. The number of aromatic amines is 1. The van der Waals surface area contributed by atoms with Gasteiger partial charge in [0.15, 0.2) is 5.88 Å². The molecule has 1 aliphatic heterocycles.